The lowest BCUT2D eigenvalue weighted by Crippen LogP contribution is -2.35. The first-order valence-electron chi connectivity index (χ1n) is 6.25. The Labute approximate surface area is 117 Å². The monoisotopic (exact) mass is 305 g/mol. The average Bonchev–Trinajstić information content (AvgIpc) is 2.58. The molecule has 20 heavy (non-hydrogen) atoms. The minimum atomic E-state index is -4.07. The summed E-state index contributed by atoms with van der Waals surface area (Å²) in [5.74, 6) is -2.63. The molecule has 0 aliphatic carbocycles. The molecule has 0 radical (unpaired) electrons. The summed E-state index contributed by atoms with van der Waals surface area (Å²) in [7, 11) is -2.19. The van der Waals surface area contributed by atoms with Crippen molar-refractivity contribution >= 4 is 15.7 Å². The standard InChI is InChI=1S/C12H17F2N3O2S/c1-16-3-2-4-17(6-5-16)20(18,19)11-8-9(15)7-10(13)12(11)14/h7-8H,2-6,15H2,1H3. The molecule has 0 amide bonds. The highest BCUT2D eigenvalue weighted by atomic mass is 32.2. The lowest BCUT2D eigenvalue weighted by Gasteiger charge is -2.20. The number of likely N-dealkylation sites (N-methyl/N-ethyl adjacent to an activating group) is 1. The van der Waals surface area contributed by atoms with Crippen LogP contribution in [0, 0.1) is 11.6 Å². The van der Waals surface area contributed by atoms with Crippen molar-refractivity contribution in [3.63, 3.8) is 0 Å². The number of nitrogen functional groups attached to an aromatic ring is 1. The molecule has 2 N–H and O–H groups in total. The Morgan fingerprint density at radius 1 is 1.15 bits per heavy atom. The molecule has 1 aromatic carbocycles. The second-order valence-corrected chi connectivity index (χ2v) is 6.78. The molecule has 112 valence electrons. The topological polar surface area (TPSA) is 66.6 Å². The molecule has 5 nitrogen and oxygen atoms in total. The van der Waals surface area contributed by atoms with Gasteiger partial charge in [0.25, 0.3) is 0 Å². The van der Waals surface area contributed by atoms with Crippen molar-refractivity contribution in [1.82, 2.24) is 9.21 Å². The molecule has 0 unspecified atom stereocenters. The minimum absolute atomic E-state index is 0.116. The van der Waals surface area contributed by atoms with Crippen LogP contribution in [0.25, 0.3) is 0 Å². The molecule has 1 saturated heterocycles. The quantitative estimate of drug-likeness (QED) is 0.824. The molecule has 1 fully saturated rings. The number of hydrogen-bond donors (Lipinski definition) is 1. The zero-order chi connectivity index (χ0) is 14.9. The van der Waals surface area contributed by atoms with Gasteiger partial charge in [-0.25, -0.2) is 17.2 Å². The van der Waals surface area contributed by atoms with Gasteiger partial charge in [0, 0.05) is 25.3 Å². The maximum Gasteiger partial charge on any atom is 0.246 e. The Morgan fingerprint density at radius 3 is 2.55 bits per heavy atom. The molecule has 1 heterocycles. The smallest absolute Gasteiger partial charge is 0.246 e. The second kappa shape index (κ2) is 5.63. The van der Waals surface area contributed by atoms with Gasteiger partial charge in [-0.1, -0.05) is 0 Å². The molecule has 0 saturated carbocycles. The summed E-state index contributed by atoms with van der Waals surface area (Å²) in [4.78, 5) is 1.30. The van der Waals surface area contributed by atoms with Crippen molar-refractivity contribution in [2.24, 2.45) is 0 Å². The third kappa shape index (κ3) is 2.92. The summed E-state index contributed by atoms with van der Waals surface area (Å²) < 4.78 is 53.1. The molecular formula is C12H17F2N3O2S. The van der Waals surface area contributed by atoms with E-state index in [1.807, 2.05) is 11.9 Å². The van der Waals surface area contributed by atoms with Crippen molar-refractivity contribution in [2.45, 2.75) is 11.3 Å². The van der Waals surface area contributed by atoms with Gasteiger partial charge in [-0.3, -0.25) is 0 Å². The van der Waals surface area contributed by atoms with E-state index in [4.69, 9.17) is 5.73 Å². The number of sulfonamides is 1. The zero-order valence-electron chi connectivity index (χ0n) is 11.1. The van der Waals surface area contributed by atoms with Gasteiger partial charge in [0.15, 0.2) is 11.6 Å². The van der Waals surface area contributed by atoms with Gasteiger partial charge in [0.05, 0.1) is 0 Å². The maximum absolute atomic E-state index is 13.8. The molecule has 0 spiro atoms. The van der Waals surface area contributed by atoms with Crippen LogP contribution < -0.4 is 5.73 Å². The number of nitrogens with two attached hydrogens (primary N) is 1. The van der Waals surface area contributed by atoms with Crippen molar-refractivity contribution in [1.29, 1.82) is 0 Å². The van der Waals surface area contributed by atoms with E-state index < -0.39 is 26.6 Å². The number of anilines is 1. The number of rotatable bonds is 2. The Bertz CT molecular complexity index is 607. The van der Waals surface area contributed by atoms with E-state index >= 15 is 0 Å². The van der Waals surface area contributed by atoms with Gasteiger partial charge in [-0.05, 0) is 32.1 Å². The maximum atomic E-state index is 13.8. The van der Waals surface area contributed by atoms with Gasteiger partial charge < -0.3 is 10.6 Å². The van der Waals surface area contributed by atoms with E-state index in [2.05, 4.69) is 0 Å². The van der Waals surface area contributed by atoms with Crippen molar-refractivity contribution in [2.75, 3.05) is 39.0 Å². The molecule has 0 aromatic heterocycles. The van der Waals surface area contributed by atoms with Crippen LogP contribution in [0.3, 0.4) is 0 Å². The molecule has 1 aromatic rings. The second-order valence-electron chi connectivity index (χ2n) is 4.88. The summed E-state index contributed by atoms with van der Waals surface area (Å²) in [5.41, 5.74) is 5.29. The third-order valence-electron chi connectivity index (χ3n) is 3.31. The van der Waals surface area contributed by atoms with Crippen LogP contribution >= 0.6 is 0 Å². The van der Waals surface area contributed by atoms with Crippen LogP contribution in [0.5, 0.6) is 0 Å². The van der Waals surface area contributed by atoms with Crippen LogP contribution in [0.1, 0.15) is 6.42 Å². The van der Waals surface area contributed by atoms with Crippen LogP contribution in [0.2, 0.25) is 0 Å². The highest BCUT2D eigenvalue weighted by Gasteiger charge is 2.30. The van der Waals surface area contributed by atoms with Crippen LogP contribution in [-0.4, -0.2) is 50.8 Å². The van der Waals surface area contributed by atoms with Crippen molar-refractivity contribution < 1.29 is 17.2 Å². The first kappa shape index (κ1) is 15.1. The highest BCUT2D eigenvalue weighted by Crippen LogP contribution is 2.25. The number of nitrogens with zero attached hydrogens (tertiary/aromatic N) is 2. The number of benzene rings is 1. The molecule has 2 rings (SSSR count). The molecule has 8 heteroatoms. The Morgan fingerprint density at radius 2 is 1.85 bits per heavy atom. The summed E-state index contributed by atoms with van der Waals surface area (Å²) in [6.45, 7) is 1.84. The Hall–Kier alpha value is -1.25. The fourth-order valence-electron chi connectivity index (χ4n) is 2.17. The fraction of sp³-hybridized carbons (Fsp3) is 0.500. The molecule has 0 atom stereocenters. The van der Waals surface area contributed by atoms with Gasteiger partial charge in [-0.15, -0.1) is 0 Å². The SMILES string of the molecule is CN1CCCN(S(=O)(=O)c2cc(N)cc(F)c2F)CC1. The van der Waals surface area contributed by atoms with Crippen molar-refractivity contribution in [3.8, 4) is 0 Å². The number of halogens is 2. The van der Waals surface area contributed by atoms with Gasteiger partial charge >= 0.3 is 0 Å². The lowest BCUT2D eigenvalue weighted by atomic mass is 10.3. The minimum Gasteiger partial charge on any atom is -0.399 e. The van der Waals surface area contributed by atoms with Crippen LogP contribution in [-0.2, 0) is 10.0 Å². The van der Waals surface area contributed by atoms with Crippen LogP contribution in [0.15, 0.2) is 17.0 Å². The predicted molar refractivity (Wildman–Crippen MR) is 71.6 cm³/mol. The van der Waals surface area contributed by atoms with Gasteiger partial charge in [0.1, 0.15) is 4.90 Å². The van der Waals surface area contributed by atoms with E-state index in [9.17, 15) is 17.2 Å². The van der Waals surface area contributed by atoms with Gasteiger partial charge in [-0.2, -0.15) is 4.31 Å². The first-order valence-corrected chi connectivity index (χ1v) is 7.69. The number of hydrogen-bond acceptors (Lipinski definition) is 4. The van der Waals surface area contributed by atoms with Crippen molar-refractivity contribution in [3.05, 3.63) is 23.8 Å². The summed E-state index contributed by atoms with van der Waals surface area (Å²) >= 11 is 0. The molecule has 0 bridgehead atoms. The lowest BCUT2D eigenvalue weighted by molar-refractivity contribution is 0.346. The van der Waals surface area contributed by atoms with E-state index in [-0.39, 0.29) is 18.8 Å². The fourth-order valence-corrected chi connectivity index (χ4v) is 3.75. The summed E-state index contributed by atoms with van der Waals surface area (Å²) in [6.07, 6.45) is 0.641. The van der Waals surface area contributed by atoms with E-state index in [0.717, 1.165) is 18.7 Å². The van der Waals surface area contributed by atoms with E-state index in [1.54, 1.807) is 0 Å². The predicted octanol–water partition coefficient (Wildman–Crippen LogP) is 0.873. The Kier molecular flexibility index (Phi) is 4.26. The Balaban J connectivity index is 2.40. The highest BCUT2D eigenvalue weighted by molar-refractivity contribution is 7.89. The molecule has 1 aliphatic rings. The molecule has 1 aliphatic heterocycles. The van der Waals surface area contributed by atoms with E-state index in [1.165, 1.54) is 4.31 Å². The average molecular weight is 305 g/mol. The summed E-state index contributed by atoms with van der Waals surface area (Å²) in [6, 6.07) is 1.73. The van der Waals surface area contributed by atoms with Gasteiger partial charge in [0.2, 0.25) is 10.0 Å². The largest absolute Gasteiger partial charge is 0.399 e. The zero-order valence-corrected chi connectivity index (χ0v) is 12.0. The molecular weight excluding hydrogens is 288 g/mol. The summed E-state index contributed by atoms with van der Waals surface area (Å²) in [5, 5.41) is 0. The van der Waals surface area contributed by atoms with Crippen LogP contribution in [0.4, 0.5) is 14.5 Å². The third-order valence-corrected chi connectivity index (χ3v) is 5.21. The van der Waals surface area contributed by atoms with E-state index in [0.29, 0.717) is 13.0 Å². The normalized spacial score (nSPS) is 18.9. The first-order chi connectivity index (χ1) is 9.32.